The first kappa shape index (κ1) is 33.1. The Hall–Kier alpha value is -4.05. The summed E-state index contributed by atoms with van der Waals surface area (Å²) in [6.45, 7) is 10.9. The van der Waals surface area contributed by atoms with Gasteiger partial charge in [-0.15, -0.1) is 0 Å². The molecule has 1 unspecified atom stereocenters. The Kier molecular flexibility index (Phi) is 14.9. The van der Waals surface area contributed by atoms with Gasteiger partial charge in [0.05, 0.1) is 6.04 Å². The van der Waals surface area contributed by atoms with E-state index in [1.807, 2.05) is 0 Å². The second-order valence-electron chi connectivity index (χ2n) is 9.69. The van der Waals surface area contributed by atoms with E-state index in [0.717, 1.165) is 0 Å². The van der Waals surface area contributed by atoms with Gasteiger partial charge in [-0.1, -0.05) is 0 Å². The Morgan fingerprint density at radius 3 is 1.69 bits per heavy atom. The first-order valence-electron chi connectivity index (χ1n) is 11.2. The number of nitrogens with one attached hydrogen (secondary N) is 4. The topological polar surface area (TPSA) is 172 Å². The summed E-state index contributed by atoms with van der Waals surface area (Å²) in [5.74, 6) is -1.88. The summed E-state index contributed by atoms with van der Waals surface area (Å²) in [6.07, 6.45) is 1.81. The molecule has 0 rings (SSSR count). The number of carboxylic acid groups (broad SMARTS) is 1. The van der Waals surface area contributed by atoms with Crippen LogP contribution in [-0.2, 0) is 23.9 Å². The molecule has 0 aromatic rings. The zero-order valence-electron chi connectivity index (χ0n) is 21.2. The molecule has 0 aliphatic carbocycles. The van der Waals surface area contributed by atoms with Crippen LogP contribution in [0, 0.1) is 0 Å². The minimum atomic E-state index is -1.21. The van der Waals surface area contributed by atoms with Crippen LogP contribution in [0.2, 0.25) is 0 Å². The minimum Gasteiger partial charge on any atom is -0.520 e. The molecule has 0 bridgehead atoms. The Bertz CT molecular complexity index is 692. The second-order valence-corrected chi connectivity index (χ2v) is 9.69. The minimum absolute atomic E-state index is 0. The smallest absolute Gasteiger partial charge is 0.407 e. The number of rotatable bonds is 14. The second kappa shape index (κ2) is 15.7. The molecule has 0 heterocycles. The van der Waals surface area contributed by atoms with Gasteiger partial charge >= 0.3 is 18.2 Å². The number of ether oxygens (including phenoxy) is 2. The molecule has 0 aliphatic rings. The van der Waals surface area contributed by atoms with Crippen molar-refractivity contribution in [3.8, 4) is 0 Å². The Morgan fingerprint density at radius 1 is 0.800 bits per heavy atom. The van der Waals surface area contributed by atoms with Crippen molar-refractivity contribution in [2.45, 2.75) is 96.9 Å². The summed E-state index contributed by atoms with van der Waals surface area (Å²) >= 11 is 0. The maximum absolute atomic E-state index is 12.5. The fourth-order valence-electron chi connectivity index (χ4n) is 2.66. The molecule has 13 heteroatoms. The van der Waals surface area contributed by atoms with Crippen molar-refractivity contribution < 1.29 is 38.6 Å². The molecule has 0 fully saturated rings. The first-order chi connectivity index (χ1) is 15.6. The van der Waals surface area contributed by atoms with E-state index in [9.17, 15) is 29.1 Å². The zero-order valence-corrected chi connectivity index (χ0v) is 23.6. The zero-order chi connectivity index (χ0) is 26.4. The van der Waals surface area contributed by atoms with Crippen LogP contribution in [0.1, 0.15) is 73.6 Å². The fourth-order valence-corrected chi connectivity index (χ4v) is 2.66. The number of unbranched alkanes of at least 4 members (excludes halogenated alkanes) is 1. The maximum Gasteiger partial charge on any atom is 0.407 e. The molecule has 5 N–H and O–H groups in total. The van der Waals surface area contributed by atoms with Crippen LogP contribution in [0.5, 0.6) is 0 Å². The molecular formula is C22H39FmN4O8-. The predicted molar refractivity (Wildman–Crippen MR) is 124 cm³/mol. The standard InChI is InChI=1S/C22H39N4O8.Fm/c1-21(2,3)33-19(31)23-12-8-7-10-16(18(29)30)26-17(28)15(25-14-27)11-9-13-24-20(32)34-22(4,5)6;/h15-16H,7-13H2,1-6H3,(H,23,31)(H,24,32)(H,25,27)(H,26,28)(H,29,30);/q-1;/t15?,16-;/m0./s1. The average Bonchev–Trinajstić information content (AvgIpc) is 2.66. The van der Waals surface area contributed by atoms with Gasteiger partial charge in [0.25, 0.3) is 0 Å². The first-order valence-corrected chi connectivity index (χ1v) is 11.2. The predicted octanol–water partition coefficient (Wildman–Crippen LogP) is 1.58. The van der Waals surface area contributed by atoms with Gasteiger partial charge in [0.1, 0.15) is 17.2 Å². The van der Waals surface area contributed by atoms with Crippen molar-refractivity contribution in [1.29, 1.82) is 0 Å². The van der Waals surface area contributed by atoms with Gasteiger partial charge in [0, 0.05) is 13.1 Å². The summed E-state index contributed by atoms with van der Waals surface area (Å²) in [4.78, 5) is 58.0. The molecule has 0 aliphatic heterocycles. The van der Waals surface area contributed by atoms with Gasteiger partial charge in [0.2, 0.25) is 5.91 Å². The van der Waals surface area contributed by atoms with E-state index in [4.69, 9.17) is 9.47 Å². The normalized spacial score (nSPS) is 12.7. The number of carbonyl (C=O) groups excluding carboxylic acids is 4. The van der Waals surface area contributed by atoms with Crippen LogP contribution in [0.4, 0.5) is 9.59 Å². The summed E-state index contributed by atoms with van der Waals surface area (Å²) in [5, 5.41) is 19.2. The number of carboxylic acids is 1. The Labute approximate surface area is 200 Å². The molecule has 0 spiro atoms. The van der Waals surface area contributed by atoms with Crippen molar-refractivity contribution in [1.82, 2.24) is 21.3 Å². The van der Waals surface area contributed by atoms with Gasteiger partial charge in [-0.25, -0.2) is 14.4 Å². The van der Waals surface area contributed by atoms with E-state index in [-0.39, 0.29) is 19.4 Å². The number of amides is 4. The molecule has 0 saturated carbocycles. The molecule has 0 aromatic heterocycles. The van der Waals surface area contributed by atoms with Gasteiger partial charge < -0.3 is 40.6 Å². The Morgan fingerprint density at radius 2 is 1.26 bits per heavy atom. The third kappa shape index (κ3) is 18.1. The van der Waals surface area contributed by atoms with Gasteiger partial charge in [-0.2, -0.15) is 6.41 Å². The molecule has 35 heavy (non-hydrogen) atoms. The van der Waals surface area contributed by atoms with E-state index in [2.05, 4.69) is 21.3 Å². The SMILES string of the molecule is CC(C)(C)OC(=O)NCCCC[C@H](NC(=O)C(CCCNC(=O)OC(C)(C)C)N[C-]=O)C(=O)O.[Fm]. The van der Waals surface area contributed by atoms with Crippen LogP contribution in [0.15, 0.2) is 0 Å². The largest absolute Gasteiger partial charge is 0.520 e. The fraction of sp³-hybridized carbons (Fsp3) is 0.773. The van der Waals surface area contributed by atoms with Crippen molar-refractivity contribution in [2.24, 2.45) is 0 Å². The number of hydrogen-bond acceptors (Lipinski definition) is 7. The molecule has 0 radical (unpaired) electrons. The van der Waals surface area contributed by atoms with E-state index in [0.29, 0.717) is 25.8 Å². The number of alkyl carbamates (subject to hydrolysis) is 2. The summed E-state index contributed by atoms with van der Waals surface area (Å²) in [5.41, 5.74) is -1.25. The third-order valence-electron chi connectivity index (χ3n) is 4.09. The third-order valence-corrected chi connectivity index (χ3v) is 4.09. The van der Waals surface area contributed by atoms with Crippen LogP contribution in [-0.4, -0.2) is 72.0 Å². The van der Waals surface area contributed by atoms with E-state index < -0.39 is 47.3 Å². The Balaban J connectivity index is 0. The summed E-state index contributed by atoms with van der Waals surface area (Å²) in [7, 11) is 0. The summed E-state index contributed by atoms with van der Waals surface area (Å²) in [6, 6.07) is -2.17. The van der Waals surface area contributed by atoms with Crippen LogP contribution in [0.25, 0.3) is 0 Å². The molecule has 2 atom stereocenters. The van der Waals surface area contributed by atoms with Crippen LogP contribution < -0.4 is 21.3 Å². The van der Waals surface area contributed by atoms with Crippen molar-refractivity contribution >= 4 is 30.5 Å². The number of carbonyl (C=O) groups is 4. The van der Waals surface area contributed by atoms with Crippen LogP contribution >= 0.6 is 0 Å². The number of hydrogen-bond donors (Lipinski definition) is 5. The van der Waals surface area contributed by atoms with Crippen molar-refractivity contribution in [2.75, 3.05) is 13.1 Å². The maximum atomic E-state index is 12.5. The molecule has 4 amide bonds. The molecule has 0 saturated heterocycles. The average molecular weight is 745 g/mol. The van der Waals surface area contributed by atoms with Gasteiger partial charge in [-0.05, 0) is 73.6 Å². The monoisotopic (exact) mass is 744 g/mol. The number of aliphatic carboxylic acids is 1. The summed E-state index contributed by atoms with van der Waals surface area (Å²) < 4.78 is 10.2. The molecular weight excluding hydrogens is 705 g/mol. The van der Waals surface area contributed by atoms with Crippen molar-refractivity contribution in [3.05, 3.63) is 0 Å². The van der Waals surface area contributed by atoms with Crippen LogP contribution in [0.3, 0.4) is 0 Å². The quantitative estimate of drug-likeness (QED) is 0.101. The van der Waals surface area contributed by atoms with Gasteiger partial charge in [-0.3, -0.25) is 4.79 Å². The van der Waals surface area contributed by atoms with E-state index in [1.165, 1.54) is 6.41 Å². The molecule has 12 nitrogen and oxygen atoms in total. The molecule has 208 valence electrons. The van der Waals surface area contributed by atoms with E-state index in [1.54, 1.807) is 41.5 Å². The van der Waals surface area contributed by atoms with Crippen molar-refractivity contribution in [3.63, 3.8) is 0 Å². The van der Waals surface area contributed by atoms with Gasteiger partial charge in [0.15, 0.2) is 0 Å². The van der Waals surface area contributed by atoms with E-state index >= 15 is 0 Å². The molecule has 0 aromatic carbocycles.